The number of para-hydroxylation sites is 3. The highest BCUT2D eigenvalue weighted by Crippen LogP contribution is 2.45. The third-order valence-corrected chi connectivity index (χ3v) is 11.3. The fourth-order valence-electron chi connectivity index (χ4n) is 8.68. The van der Waals surface area contributed by atoms with E-state index in [0.717, 1.165) is 93.6 Å². The molecule has 0 aliphatic rings. The van der Waals surface area contributed by atoms with Crippen molar-refractivity contribution in [3.05, 3.63) is 188 Å². The van der Waals surface area contributed by atoms with Crippen LogP contribution in [0.1, 0.15) is 0 Å². The molecule has 12 aromatic rings. The maximum atomic E-state index is 6.62. The lowest BCUT2D eigenvalue weighted by atomic mass is 9.89. The predicted molar refractivity (Wildman–Crippen MR) is 237 cm³/mol. The predicted octanol–water partition coefficient (Wildman–Crippen LogP) is 14.3. The average molecular weight is 742 g/mol. The van der Waals surface area contributed by atoms with Gasteiger partial charge in [0.05, 0.1) is 5.56 Å². The lowest BCUT2D eigenvalue weighted by molar-refractivity contribution is 0.669. The normalized spacial score (nSPS) is 11.8. The maximum absolute atomic E-state index is 6.62. The Hall–Kier alpha value is -7.89. The highest BCUT2D eigenvalue weighted by molar-refractivity contribution is 6.18. The Kier molecular flexibility index (Phi) is 7.16. The summed E-state index contributed by atoms with van der Waals surface area (Å²) in [7, 11) is 0. The standard InChI is InChI=1S/C53H31N3O2/c1-2-15-33(16-3-1)51-54-52(56-53(55-51)44-25-13-24-41-40-21-8-10-26-46(40)58-50(41)44)42-29-28-39(37-19-6-7-20-38(37)42)45-30-34(36-23-12-17-32-14-4-5-18-35(32)36)31-48-49(45)43-22-9-11-27-47(43)57-48/h1-31H. The molecule has 270 valence electrons. The van der Waals surface area contributed by atoms with Crippen molar-refractivity contribution in [3.8, 4) is 56.4 Å². The van der Waals surface area contributed by atoms with E-state index in [1.807, 2.05) is 72.8 Å². The molecule has 58 heavy (non-hydrogen) atoms. The topological polar surface area (TPSA) is 65.0 Å². The van der Waals surface area contributed by atoms with Crippen LogP contribution in [-0.4, -0.2) is 15.0 Å². The third-order valence-electron chi connectivity index (χ3n) is 11.3. The van der Waals surface area contributed by atoms with Crippen LogP contribution in [0.2, 0.25) is 0 Å². The van der Waals surface area contributed by atoms with E-state index >= 15 is 0 Å². The molecule has 12 rings (SSSR count). The number of nitrogens with zero attached hydrogens (tertiary/aromatic N) is 3. The minimum Gasteiger partial charge on any atom is -0.456 e. The van der Waals surface area contributed by atoms with Gasteiger partial charge in [-0.3, -0.25) is 0 Å². The van der Waals surface area contributed by atoms with Crippen molar-refractivity contribution in [3.63, 3.8) is 0 Å². The molecule has 9 aromatic carbocycles. The molecular weight excluding hydrogens is 711 g/mol. The summed E-state index contributed by atoms with van der Waals surface area (Å²) < 4.78 is 13.1. The first-order valence-electron chi connectivity index (χ1n) is 19.4. The molecule has 0 aliphatic heterocycles. The number of hydrogen-bond acceptors (Lipinski definition) is 5. The zero-order valence-electron chi connectivity index (χ0n) is 31.1. The summed E-state index contributed by atoms with van der Waals surface area (Å²) in [6, 6.07) is 65.2. The number of furan rings is 2. The highest BCUT2D eigenvalue weighted by Gasteiger charge is 2.22. The summed E-state index contributed by atoms with van der Waals surface area (Å²) in [6.07, 6.45) is 0. The van der Waals surface area contributed by atoms with Gasteiger partial charge in [0, 0.05) is 32.7 Å². The van der Waals surface area contributed by atoms with Crippen LogP contribution in [0.5, 0.6) is 0 Å². The van der Waals surface area contributed by atoms with Gasteiger partial charge in [-0.25, -0.2) is 15.0 Å². The lowest BCUT2D eigenvalue weighted by Crippen LogP contribution is -2.01. The molecule has 3 aromatic heterocycles. The van der Waals surface area contributed by atoms with Crippen molar-refractivity contribution < 1.29 is 8.83 Å². The summed E-state index contributed by atoms with van der Waals surface area (Å²) in [5, 5.41) is 8.77. The molecule has 0 fully saturated rings. The second kappa shape index (κ2) is 12.8. The first kappa shape index (κ1) is 32.4. The second-order valence-corrected chi connectivity index (χ2v) is 14.7. The zero-order chi connectivity index (χ0) is 38.2. The summed E-state index contributed by atoms with van der Waals surface area (Å²) >= 11 is 0. The molecule has 0 amide bonds. The van der Waals surface area contributed by atoms with E-state index < -0.39 is 0 Å². The summed E-state index contributed by atoms with van der Waals surface area (Å²) in [5.74, 6) is 1.73. The molecular formula is C53H31N3O2. The van der Waals surface area contributed by atoms with E-state index in [-0.39, 0.29) is 0 Å². The Bertz CT molecular complexity index is 3580. The van der Waals surface area contributed by atoms with E-state index in [1.165, 1.54) is 10.8 Å². The zero-order valence-corrected chi connectivity index (χ0v) is 31.1. The third kappa shape index (κ3) is 5.07. The van der Waals surface area contributed by atoms with Gasteiger partial charge in [-0.2, -0.15) is 0 Å². The first-order chi connectivity index (χ1) is 28.7. The SMILES string of the molecule is c1ccc(-c2nc(-c3ccc(-c4cc(-c5cccc6ccccc56)cc5oc6ccccc6c45)c4ccccc34)nc(-c3cccc4c3oc3ccccc34)n2)cc1. The smallest absolute Gasteiger partial charge is 0.167 e. The molecule has 0 N–H and O–H groups in total. The molecule has 0 spiro atoms. The van der Waals surface area contributed by atoms with Crippen molar-refractivity contribution in [1.82, 2.24) is 15.0 Å². The van der Waals surface area contributed by atoms with Gasteiger partial charge < -0.3 is 8.83 Å². The van der Waals surface area contributed by atoms with Gasteiger partial charge in [0.25, 0.3) is 0 Å². The van der Waals surface area contributed by atoms with E-state index in [4.69, 9.17) is 23.8 Å². The van der Waals surface area contributed by atoms with Crippen LogP contribution in [0.15, 0.2) is 197 Å². The van der Waals surface area contributed by atoms with Crippen LogP contribution in [-0.2, 0) is 0 Å². The molecule has 0 atom stereocenters. The minimum atomic E-state index is 0.552. The van der Waals surface area contributed by atoms with Gasteiger partial charge in [0.1, 0.15) is 22.3 Å². The monoisotopic (exact) mass is 741 g/mol. The summed E-state index contributed by atoms with van der Waals surface area (Å²) in [4.78, 5) is 15.5. The first-order valence-corrected chi connectivity index (χ1v) is 19.4. The van der Waals surface area contributed by atoms with Crippen molar-refractivity contribution in [2.24, 2.45) is 0 Å². The largest absolute Gasteiger partial charge is 0.456 e. The Morgan fingerprint density at radius 2 is 0.862 bits per heavy atom. The van der Waals surface area contributed by atoms with Crippen molar-refractivity contribution in [2.75, 3.05) is 0 Å². The summed E-state index contributed by atoms with van der Waals surface area (Å²) in [6.45, 7) is 0. The van der Waals surface area contributed by atoms with E-state index in [9.17, 15) is 0 Å². The maximum Gasteiger partial charge on any atom is 0.167 e. The quantitative estimate of drug-likeness (QED) is 0.176. The molecule has 0 unspecified atom stereocenters. The second-order valence-electron chi connectivity index (χ2n) is 14.7. The van der Waals surface area contributed by atoms with Crippen molar-refractivity contribution in [1.29, 1.82) is 0 Å². The van der Waals surface area contributed by atoms with Gasteiger partial charge in [0.2, 0.25) is 0 Å². The van der Waals surface area contributed by atoms with Crippen LogP contribution in [0.3, 0.4) is 0 Å². The van der Waals surface area contributed by atoms with Crippen LogP contribution in [0.25, 0.3) is 122 Å². The van der Waals surface area contributed by atoms with Crippen molar-refractivity contribution in [2.45, 2.75) is 0 Å². The van der Waals surface area contributed by atoms with Gasteiger partial charge in [0.15, 0.2) is 17.5 Å². The fraction of sp³-hybridized carbons (Fsp3) is 0. The van der Waals surface area contributed by atoms with E-state index in [1.54, 1.807) is 0 Å². The van der Waals surface area contributed by atoms with Gasteiger partial charge in [-0.1, -0.05) is 152 Å². The van der Waals surface area contributed by atoms with Gasteiger partial charge in [-0.15, -0.1) is 0 Å². The molecule has 0 bridgehead atoms. The van der Waals surface area contributed by atoms with Crippen molar-refractivity contribution >= 4 is 65.4 Å². The fourth-order valence-corrected chi connectivity index (χ4v) is 8.68. The molecule has 0 aliphatic carbocycles. The molecule has 0 radical (unpaired) electrons. The molecule has 0 saturated carbocycles. The van der Waals surface area contributed by atoms with Gasteiger partial charge >= 0.3 is 0 Å². The number of hydrogen-bond donors (Lipinski definition) is 0. The Morgan fingerprint density at radius 1 is 0.293 bits per heavy atom. The lowest BCUT2D eigenvalue weighted by Gasteiger charge is -2.15. The highest BCUT2D eigenvalue weighted by atomic mass is 16.3. The number of fused-ring (bicyclic) bond motifs is 8. The average Bonchev–Trinajstić information content (AvgIpc) is 3.87. The number of benzene rings is 9. The Balaban J connectivity index is 1.11. The van der Waals surface area contributed by atoms with Crippen LogP contribution < -0.4 is 0 Å². The summed E-state index contributed by atoms with van der Waals surface area (Å²) in [5.41, 5.74) is 10.4. The molecule has 0 saturated heterocycles. The van der Waals surface area contributed by atoms with E-state index in [0.29, 0.717) is 17.5 Å². The Labute approximate surface area is 332 Å². The van der Waals surface area contributed by atoms with Crippen LogP contribution in [0, 0.1) is 0 Å². The molecule has 5 heteroatoms. The number of rotatable bonds is 5. The number of aromatic nitrogens is 3. The Morgan fingerprint density at radius 3 is 1.69 bits per heavy atom. The molecule has 3 heterocycles. The van der Waals surface area contributed by atoms with Crippen LogP contribution >= 0.6 is 0 Å². The van der Waals surface area contributed by atoms with Crippen LogP contribution in [0.4, 0.5) is 0 Å². The molecule has 5 nitrogen and oxygen atoms in total. The van der Waals surface area contributed by atoms with Gasteiger partial charge in [-0.05, 0) is 80.2 Å². The minimum absolute atomic E-state index is 0.552. The van der Waals surface area contributed by atoms with E-state index in [2.05, 4.69) is 115 Å².